The molecule has 0 aromatic carbocycles. The molecule has 1 unspecified atom stereocenters. The van der Waals surface area contributed by atoms with Crippen molar-refractivity contribution in [3.63, 3.8) is 0 Å². The maximum absolute atomic E-state index is 6.19. The molecule has 24 heavy (non-hydrogen) atoms. The Bertz CT molecular complexity index is 378. The minimum atomic E-state index is -0.247. The van der Waals surface area contributed by atoms with E-state index in [2.05, 4.69) is 41.5 Å². The monoisotopic (exact) mass is 344 g/mol. The highest BCUT2D eigenvalue weighted by Crippen LogP contribution is 2.36. The Morgan fingerprint density at radius 1 is 0.542 bits per heavy atom. The van der Waals surface area contributed by atoms with Gasteiger partial charge in [-0.2, -0.15) is 0 Å². The van der Waals surface area contributed by atoms with Gasteiger partial charge in [-0.15, -0.1) is 0 Å². The maximum atomic E-state index is 6.19. The first-order valence-corrected chi connectivity index (χ1v) is 9.21. The molecule has 0 saturated carbocycles. The molecule has 3 aliphatic heterocycles. The Morgan fingerprint density at radius 3 is 1.21 bits per heavy atom. The number of rotatable bonds is 5. The lowest BCUT2D eigenvalue weighted by molar-refractivity contribution is -0.129. The summed E-state index contributed by atoms with van der Waals surface area (Å²) < 4.78 is 36.1. The zero-order valence-corrected chi connectivity index (χ0v) is 15.6. The lowest BCUT2D eigenvalue weighted by atomic mass is 10.0. The van der Waals surface area contributed by atoms with Crippen LogP contribution in [-0.4, -0.2) is 56.5 Å². The summed E-state index contributed by atoms with van der Waals surface area (Å²) in [5, 5.41) is 0. The van der Waals surface area contributed by atoms with E-state index in [1.807, 2.05) is 0 Å². The van der Waals surface area contributed by atoms with Crippen molar-refractivity contribution < 1.29 is 28.4 Å². The molecule has 6 heteroatoms. The van der Waals surface area contributed by atoms with Crippen LogP contribution < -0.4 is 0 Å². The lowest BCUT2D eigenvalue weighted by Crippen LogP contribution is -2.44. The predicted molar refractivity (Wildman–Crippen MR) is 87.3 cm³/mol. The molecule has 3 saturated heterocycles. The first-order valence-electron chi connectivity index (χ1n) is 9.21. The van der Waals surface area contributed by atoms with Crippen molar-refractivity contribution in [3.05, 3.63) is 0 Å². The zero-order chi connectivity index (χ0) is 17.4. The molecule has 0 radical (unpaired) electrons. The molecule has 140 valence electrons. The largest absolute Gasteiger partial charge is 0.350 e. The van der Waals surface area contributed by atoms with E-state index in [1.165, 1.54) is 0 Å². The summed E-state index contributed by atoms with van der Waals surface area (Å²) in [6.07, 6.45) is -1.26. The van der Waals surface area contributed by atoms with Crippen molar-refractivity contribution in [1.29, 1.82) is 0 Å². The van der Waals surface area contributed by atoms with Gasteiger partial charge < -0.3 is 28.4 Å². The van der Waals surface area contributed by atoms with Crippen molar-refractivity contribution in [1.82, 2.24) is 0 Å². The SMILES string of the molecule is CC(C)C1O[C@@H]([C@H]2CO[C@@H](C(C)C)O2)[C@@H]([C@H]2CO[C@@H](C(C)C)O2)O1. The van der Waals surface area contributed by atoms with Crippen LogP contribution in [0.2, 0.25) is 0 Å². The van der Waals surface area contributed by atoms with Gasteiger partial charge in [0.2, 0.25) is 0 Å². The smallest absolute Gasteiger partial charge is 0.161 e. The van der Waals surface area contributed by atoms with Crippen LogP contribution >= 0.6 is 0 Å². The summed E-state index contributed by atoms with van der Waals surface area (Å²) >= 11 is 0. The first-order chi connectivity index (χ1) is 11.4. The van der Waals surface area contributed by atoms with Crippen LogP contribution in [0.1, 0.15) is 41.5 Å². The fraction of sp³-hybridized carbons (Fsp3) is 1.00. The highest BCUT2D eigenvalue weighted by Gasteiger charge is 2.51. The average Bonchev–Trinajstić information content (AvgIpc) is 3.24. The van der Waals surface area contributed by atoms with Gasteiger partial charge in [0.05, 0.1) is 13.2 Å². The van der Waals surface area contributed by atoms with Gasteiger partial charge in [0, 0.05) is 17.8 Å². The summed E-state index contributed by atoms with van der Waals surface area (Å²) in [6.45, 7) is 13.6. The standard InChI is InChI=1S/C18H32O6/c1-9(2)16-19-7-12(21-16)14-15(24-18(23-14)11(5)6)13-8-20-17(22-13)10(3)4/h9-18H,7-8H2,1-6H3/t12-,13-,14-,15+,16-,17-,18?/m1/s1. The fourth-order valence-electron chi connectivity index (χ4n) is 3.33. The molecule has 7 atom stereocenters. The molecule has 3 heterocycles. The molecule has 0 amide bonds. The third-order valence-electron chi connectivity index (χ3n) is 4.74. The molecular weight excluding hydrogens is 312 g/mol. The van der Waals surface area contributed by atoms with E-state index in [4.69, 9.17) is 28.4 Å². The van der Waals surface area contributed by atoms with Gasteiger partial charge in [-0.1, -0.05) is 41.5 Å². The minimum Gasteiger partial charge on any atom is -0.350 e. The van der Waals surface area contributed by atoms with Gasteiger partial charge in [-0.3, -0.25) is 0 Å². The molecule has 3 rings (SSSR count). The van der Waals surface area contributed by atoms with Crippen molar-refractivity contribution in [2.24, 2.45) is 17.8 Å². The molecule has 0 aromatic heterocycles. The van der Waals surface area contributed by atoms with E-state index in [0.29, 0.717) is 25.0 Å². The molecule has 0 bridgehead atoms. The number of hydrogen-bond acceptors (Lipinski definition) is 6. The number of ether oxygens (including phenoxy) is 6. The third-order valence-corrected chi connectivity index (χ3v) is 4.74. The van der Waals surface area contributed by atoms with Crippen LogP contribution in [0, 0.1) is 17.8 Å². The van der Waals surface area contributed by atoms with Crippen molar-refractivity contribution in [2.45, 2.75) is 84.8 Å². The lowest BCUT2D eigenvalue weighted by Gasteiger charge is -2.25. The van der Waals surface area contributed by atoms with Crippen LogP contribution in [0.4, 0.5) is 0 Å². The summed E-state index contributed by atoms with van der Waals surface area (Å²) in [5.41, 5.74) is 0. The van der Waals surface area contributed by atoms with Crippen molar-refractivity contribution in [2.75, 3.05) is 13.2 Å². The second-order valence-electron chi connectivity index (χ2n) is 8.05. The second kappa shape index (κ2) is 7.56. The quantitative estimate of drug-likeness (QED) is 0.764. The molecule has 0 N–H and O–H groups in total. The van der Waals surface area contributed by atoms with Gasteiger partial charge in [0.1, 0.15) is 24.4 Å². The Hall–Kier alpha value is -0.240. The highest BCUT2D eigenvalue weighted by molar-refractivity contribution is 4.93. The molecule has 6 nitrogen and oxygen atoms in total. The van der Waals surface area contributed by atoms with E-state index >= 15 is 0 Å². The van der Waals surface area contributed by atoms with Crippen LogP contribution in [0.5, 0.6) is 0 Å². The van der Waals surface area contributed by atoms with Crippen molar-refractivity contribution in [3.8, 4) is 0 Å². The van der Waals surface area contributed by atoms with Crippen LogP contribution in [0.15, 0.2) is 0 Å². The summed E-state index contributed by atoms with van der Waals surface area (Å²) in [5.74, 6) is 0.894. The molecule has 3 fully saturated rings. The fourth-order valence-corrected chi connectivity index (χ4v) is 3.33. The van der Waals surface area contributed by atoms with Gasteiger partial charge >= 0.3 is 0 Å². The molecular formula is C18H32O6. The van der Waals surface area contributed by atoms with Crippen LogP contribution in [0.3, 0.4) is 0 Å². The Kier molecular flexibility index (Phi) is 5.84. The molecule has 0 spiro atoms. The Morgan fingerprint density at radius 2 is 0.917 bits per heavy atom. The predicted octanol–water partition coefficient (Wildman–Crippen LogP) is 2.55. The molecule has 3 aliphatic rings. The number of hydrogen-bond donors (Lipinski definition) is 0. The van der Waals surface area contributed by atoms with Gasteiger partial charge in [-0.25, -0.2) is 0 Å². The Labute approximate surface area is 145 Å². The topological polar surface area (TPSA) is 55.4 Å². The van der Waals surface area contributed by atoms with Crippen LogP contribution in [-0.2, 0) is 28.4 Å². The summed E-state index contributed by atoms with van der Waals surface area (Å²) in [4.78, 5) is 0. The van der Waals surface area contributed by atoms with E-state index in [0.717, 1.165) is 0 Å². The zero-order valence-electron chi connectivity index (χ0n) is 15.6. The van der Waals surface area contributed by atoms with Crippen LogP contribution in [0.25, 0.3) is 0 Å². The normalized spacial score (nSPS) is 43.6. The van der Waals surface area contributed by atoms with Gasteiger partial charge in [-0.05, 0) is 0 Å². The molecule has 0 aromatic rings. The van der Waals surface area contributed by atoms with E-state index in [9.17, 15) is 0 Å². The second-order valence-corrected chi connectivity index (χ2v) is 8.05. The summed E-state index contributed by atoms with van der Waals surface area (Å²) in [6, 6.07) is 0. The van der Waals surface area contributed by atoms with Gasteiger partial charge in [0.25, 0.3) is 0 Å². The highest BCUT2D eigenvalue weighted by atomic mass is 16.8. The van der Waals surface area contributed by atoms with E-state index < -0.39 is 0 Å². The summed E-state index contributed by atoms with van der Waals surface area (Å²) in [7, 11) is 0. The van der Waals surface area contributed by atoms with E-state index in [1.54, 1.807) is 0 Å². The van der Waals surface area contributed by atoms with E-state index in [-0.39, 0.29) is 49.2 Å². The maximum Gasteiger partial charge on any atom is 0.161 e. The first kappa shape index (κ1) is 18.5. The minimum absolute atomic E-state index is 0.132. The van der Waals surface area contributed by atoms with Gasteiger partial charge in [0.15, 0.2) is 18.9 Å². The average molecular weight is 344 g/mol. The third kappa shape index (κ3) is 3.79. The molecule has 0 aliphatic carbocycles. The van der Waals surface area contributed by atoms with Crippen molar-refractivity contribution >= 4 is 0 Å². The Balaban J connectivity index is 1.68.